The third-order valence-corrected chi connectivity index (χ3v) is 4.98. The topological polar surface area (TPSA) is 49.4 Å². The number of nitrogens with one attached hydrogen (secondary N) is 1. The molecule has 1 aromatic rings. The Morgan fingerprint density at radius 2 is 1.95 bits per heavy atom. The molecular weight excluding hydrogens is 272 g/mol. The van der Waals surface area contributed by atoms with Crippen molar-refractivity contribution in [3.8, 4) is 0 Å². The van der Waals surface area contributed by atoms with Gasteiger partial charge in [-0.05, 0) is 25.1 Å². The fourth-order valence-corrected chi connectivity index (χ4v) is 3.70. The third-order valence-electron chi connectivity index (χ3n) is 2.95. The van der Waals surface area contributed by atoms with Gasteiger partial charge in [-0.25, -0.2) is 8.42 Å². The molecule has 20 heavy (non-hydrogen) atoms. The van der Waals surface area contributed by atoms with Crippen molar-refractivity contribution in [1.29, 1.82) is 0 Å². The van der Waals surface area contributed by atoms with Crippen LogP contribution in [0.1, 0.15) is 26.3 Å². The number of benzene rings is 1. The molecule has 0 heterocycles. The summed E-state index contributed by atoms with van der Waals surface area (Å²) in [6, 6.07) is 7.14. The van der Waals surface area contributed by atoms with Gasteiger partial charge in [0.15, 0.2) is 0 Å². The van der Waals surface area contributed by atoms with Crippen LogP contribution in [0.4, 0.5) is 0 Å². The first kappa shape index (κ1) is 16.9. The van der Waals surface area contributed by atoms with Crippen molar-refractivity contribution in [1.82, 2.24) is 9.62 Å². The molecule has 1 N–H and O–H groups in total. The highest BCUT2D eigenvalue weighted by Crippen LogP contribution is 2.20. The Bertz CT molecular complexity index is 553. The molecule has 0 radical (unpaired) electrons. The van der Waals surface area contributed by atoms with Gasteiger partial charge in [0, 0.05) is 19.6 Å². The van der Waals surface area contributed by atoms with Crippen molar-refractivity contribution < 1.29 is 8.42 Å². The maximum atomic E-state index is 12.7. The van der Waals surface area contributed by atoms with Crippen LogP contribution in [0.15, 0.2) is 41.3 Å². The summed E-state index contributed by atoms with van der Waals surface area (Å²) >= 11 is 0. The van der Waals surface area contributed by atoms with Gasteiger partial charge in [0.05, 0.1) is 4.90 Å². The van der Waals surface area contributed by atoms with Gasteiger partial charge in [-0.3, -0.25) is 0 Å². The predicted octanol–water partition coefficient (Wildman–Crippen LogP) is 2.38. The molecule has 0 saturated carbocycles. The van der Waals surface area contributed by atoms with E-state index in [1.165, 1.54) is 4.31 Å². The highest BCUT2D eigenvalue weighted by atomic mass is 32.2. The molecule has 4 nitrogen and oxygen atoms in total. The SMILES string of the molecule is C=C(C)CN(CC)S(=O)(=O)c1ccccc1CNCC. The van der Waals surface area contributed by atoms with Crippen LogP contribution in [0, 0.1) is 0 Å². The van der Waals surface area contributed by atoms with Crippen LogP contribution in [0.3, 0.4) is 0 Å². The first-order chi connectivity index (χ1) is 9.43. The fourth-order valence-electron chi connectivity index (χ4n) is 1.97. The highest BCUT2D eigenvalue weighted by molar-refractivity contribution is 7.89. The van der Waals surface area contributed by atoms with Crippen LogP contribution in [0.25, 0.3) is 0 Å². The van der Waals surface area contributed by atoms with Gasteiger partial charge in [0.2, 0.25) is 10.0 Å². The number of likely N-dealkylation sites (N-methyl/N-ethyl adjacent to an activating group) is 1. The zero-order valence-corrected chi connectivity index (χ0v) is 13.3. The summed E-state index contributed by atoms with van der Waals surface area (Å²) in [5.74, 6) is 0. The minimum Gasteiger partial charge on any atom is -0.313 e. The van der Waals surface area contributed by atoms with E-state index in [-0.39, 0.29) is 0 Å². The lowest BCUT2D eigenvalue weighted by atomic mass is 10.2. The molecule has 5 heteroatoms. The largest absolute Gasteiger partial charge is 0.313 e. The monoisotopic (exact) mass is 296 g/mol. The number of rotatable bonds is 8. The van der Waals surface area contributed by atoms with Crippen molar-refractivity contribution in [3.05, 3.63) is 42.0 Å². The molecule has 0 aliphatic heterocycles. The summed E-state index contributed by atoms with van der Waals surface area (Å²) in [4.78, 5) is 0.379. The minimum atomic E-state index is -3.47. The zero-order chi connectivity index (χ0) is 15.2. The van der Waals surface area contributed by atoms with E-state index in [1.54, 1.807) is 12.1 Å². The van der Waals surface area contributed by atoms with Gasteiger partial charge < -0.3 is 5.32 Å². The van der Waals surface area contributed by atoms with Crippen molar-refractivity contribution >= 4 is 10.0 Å². The molecule has 0 bridgehead atoms. The minimum absolute atomic E-state index is 0.356. The van der Waals surface area contributed by atoms with Gasteiger partial charge >= 0.3 is 0 Å². The van der Waals surface area contributed by atoms with Gasteiger partial charge in [0.25, 0.3) is 0 Å². The van der Waals surface area contributed by atoms with E-state index in [0.717, 1.165) is 17.7 Å². The second-order valence-electron chi connectivity index (χ2n) is 4.78. The van der Waals surface area contributed by atoms with Gasteiger partial charge in [-0.2, -0.15) is 4.31 Å². The maximum absolute atomic E-state index is 12.7. The Balaban J connectivity index is 3.16. The van der Waals surface area contributed by atoms with Crippen molar-refractivity contribution in [2.45, 2.75) is 32.2 Å². The highest BCUT2D eigenvalue weighted by Gasteiger charge is 2.25. The Morgan fingerprint density at radius 3 is 2.50 bits per heavy atom. The van der Waals surface area contributed by atoms with E-state index in [1.807, 2.05) is 32.9 Å². The van der Waals surface area contributed by atoms with E-state index >= 15 is 0 Å². The summed E-state index contributed by atoms with van der Waals surface area (Å²) in [5, 5.41) is 3.17. The summed E-state index contributed by atoms with van der Waals surface area (Å²) in [6.45, 7) is 11.6. The zero-order valence-electron chi connectivity index (χ0n) is 12.5. The molecule has 1 aromatic carbocycles. The van der Waals surface area contributed by atoms with E-state index in [2.05, 4.69) is 11.9 Å². The molecule has 0 spiro atoms. The molecule has 0 aliphatic carbocycles. The summed E-state index contributed by atoms with van der Waals surface area (Å²) < 4.78 is 26.9. The Morgan fingerprint density at radius 1 is 1.30 bits per heavy atom. The number of sulfonamides is 1. The first-order valence-corrected chi connectivity index (χ1v) is 8.30. The second-order valence-corrected chi connectivity index (χ2v) is 6.68. The van der Waals surface area contributed by atoms with Crippen molar-refractivity contribution in [2.24, 2.45) is 0 Å². The molecule has 112 valence electrons. The molecular formula is C15H24N2O2S. The summed E-state index contributed by atoms with van der Waals surface area (Å²) in [7, 11) is -3.47. The van der Waals surface area contributed by atoms with E-state index < -0.39 is 10.0 Å². The molecule has 0 aromatic heterocycles. The lowest BCUT2D eigenvalue weighted by molar-refractivity contribution is 0.452. The van der Waals surface area contributed by atoms with E-state index in [9.17, 15) is 8.42 Å². The smallest absolute Gasteiger partial charge is 0.243 e. The molecule has 0 atom stereocenters. The van der Waals surface area contributed by atoms with Crippen LogP contribution in [0.2, 0.25) is 0 Å². The summed E-state index contributed by atoms with van der Waals surface area (Å²) in [5.41, 5.74) is 1.63. The average Bonchev–Trinajstić information content (AvgIpc) is 2.42. The van der Waals surface area contributed by atoms with Crippen LogP contribution in [0.5, 0.6) is 0 Å². The lowest BCUT2D eigenvalue weighted by Crippen LogP contribution is -2.33. The van der Waals surface area contributed by atoms with Crippen LogP contribution >= 0.6 is 0 Å². The van der Waals surface area contributed by atoms with Gasteiger partial charge in [-0.1, -0.05) is 44.2 Å². The average molecular weight is 296 g/mol. The predicted molar refractivity (Wildman–Crippen MR) is 83.1 cm³/mol. The van der Waals surface area contributed by atoms with E-state index in [4.69, 9.17) is 0 Å². The Labute approximate surface area is 122 Å². The van der Waals surface area contributed by atoms with Crippen LogP contribution in [-0.4, -0.2) is 32.4 Å². The molecule has 0 unspecified atom stereocenters. The molecule has 0 amide bonds. The third kappa shape index (κ3) is 4.16. The normalized spacial score (nSPS) is 11.8. The Hall–Kier alpha value is -1.17. The van der Waals surface area contributed by atoms with Gasteiger partial charge in [-0.15, -0.1) is 0 Å². The van der Waals surface area contributed by atoms with Crippen molar-refractivity contribution in [2.75, 3.05) is 19.6 Å². The van der Waals surface area contributed by atoms with Crippen molar-refractivity contribution in [3.63, 3.8) is 0 Å². The lowest BCUT2D eigenvalue weighted by Gasteiger charge is -2.22. The number of hydrogen-bond acceptors (Lipinski definition) is 3. The standard InChI is InChI=1S/C15H24N2O2S/c1-5-16-11-14-9-7-8-10-15(14)20(18,19)17(6-2)12-13(3)4/h7-10,16H,3,5-6,11-12H2,1-2,4H3. The molecule has 1 rings (SSSR count). The molecule has 0 saturated heterocycles. The first-order valence-electron chi connectivity index (χ1n) is 6.86. The fraction of sp³-hybridized carbons (Fsp3) is 0.467. The number of nitrogens with zero attached hydrogens (tertiary/aromatic N) is 1. The molecule has 0 aliphatic rings. The van der Waals surface area contributed by atoms with E-state index in [0.29, 0.717) is 24.5 Å². The number of hydrogen-bond donors (Lipinski definition) is 1. The van der Waals surface area contributed by atoms with Crippen LogP contribution < -0.4 is 5.32 Å². The quantitative estimate of drug-likeness (QED) is 0.749. The molecule has 0 fully saturated rings. The van der Waals surface area contributed by atoms with Crippen LogP contribution in [-0.2, 0) is 16.6 Å². The summed E-state index contributed by atoms with van der Waals surface area (Å²) in [6.07, 6.45) is 0. The second kappa shape index (κ2) is 7.57. The van der Waals surface area contributed by atoms with Gasteiger partial charge in [0.1, 0.15) is 0 Å². The maximum Gasteiger partial charge on any atom is 0.243 e. The Kier molecular flexibility index (Phi) is 6.39.